The van der Waals surface area contributed by atoms with Crippen molar-refractivity contribution in [3.63, 3.8) is 0 Å². The molecule has 1 amide bonds. The second kappa shape index (κ2) is 5.58. The van der Waals surface area contributed by atoms with E-state index in [0.29, 0.717) is 11.3 Å². The van der Waals surface area contributed by atoms with Crippen LogP contribution in [0, 0.1) is 6.92 Å². The summed E-state index contributed by atoms with van der Waals surface area (Å²) < 4.78 is 27.7. The van der Waals surface area contributed by atoms with Crippen molar-refractivity contribution in [2.45, 2.75) is 24.8 Å². The molecule has 1 atom stereocenters. The number of halogens is 1. The summed E-state index contributed by atoms with van der Waals surface area (Å²) in [6, 6.07) is 4.21. The van der Waals surface area contributed by atoms with Gasteiger partial charge in [0.1, 0.15) is 5.75 Å². The maximum Gasteiger partial charge on any atom is 0.261 e. The molecule has 7 heteroatoms. The van der Waals surface area contributed by atoms with Crippen molar-refractivity contribution in [2.75, 3.05) is 7.05 Å². The van der Waals surface area contributed by atoms with E-state index < -0.39 is 15.2 Å². The molecule has 0 saturated heterocycles. The smallest absolute Gasteiger partial charge is 0.261 e. The van der Waals surface area contributed by atoms with Gasteiger partial charge in [0, 0.05) is 17.7 Å². The lowest BCUT2D eigenvalue weighted by molar-refractivity contribution is -0.126. The van der Waals surface area contributed by atoms with Crippen LogP contribution < -0.4 is 10.1 Å². The molecule has 1 unspecified atom stereocenters. The second-order valence-electron chi connectivity index (χ2n) is 3.74. The lowest BCUT2D eigenvalue weighted by atomic mass is 10.2. The molecule has 1 aromatic carbocycles. The standard InChI is InChI=1S/C11H14ClNO4S/c1-7-6-9(18(12,15)16)4-5-10(7)17-8(2)11(14)13-3/h4-6,8H,1-3H3,(H,13,14). The van der Waals surface area contributed by atoms with Crippen LogP contribution in [-0.4, -0.2) is 27.5 Å². The Hall–Kier alpha value is -1.27. The van der Waals surface area contributed by atoms with Crippen LogP contribution in [0.25, 0.3) is 0 Å². The van der Waals surface area contributed by atoms with Gasteiger partial charge < -0.3 is 10.1 Å². The van der Waals surface area contributed by atoms with Gasteiger partial charge in [0.25, 0.3) is 15.0 Å². The van der Waals surface area contributed by atoms with Gasteiger partial charge in [-0.15, -0.1) is 0 Å². The molecule has 0 saturated carbocycles. The molecule has 100 valence electrons. The zero-order valence-electron chi connectivity index (χ0n) is 10.2. The van der Waals surface area contributed by atoms with Crippen LogP contribution in [0.4, 0.5) is 0 Å². The van der Waals surface area contributed by atoms with E-state index in [2.05, 4.69) is 5.32 Å². The molecule has 0 aliphatic rings. The van der Waals surface area contributed by atoms with E-state index in [9.17, 15) is 13.2 Å². The van der Waals surface area contributed by atoms with Crippen LogP contribution in [0.15, 0.2) is 23.1 Å². The Morgan fingerprint density at radius 2 is 2.06 bits per heavy atom. The van der Waals surface area contributed by atoms with Gasteiger partial charge in [-0.3, -0.25) is 4.79 Å². The summed E-state index contributed by atoms with van der Waals surface area (Å²) in [5.41, 5.74) is 0.590. The van der Waals surface area contributed by atoms with Gasteiger partial charge in [0.15, 0.2) is 6.10 Å². The summed E-state index contributed by atoms with van der Waals surface area (Å²) in [5, 5.41) is 2.46. The second-order valence-corrected chi connectivity index (χ2v) is 6.31. The maximum absolute atomic E-state index is 11.3. The highest BCUT2D eigenvalue weighted by molar-refractivity contribution is 8.13. The fourth-order valence-corrected chi connectivity index (χ4v) is 2.19. The van der Waals surface area contributed by atoms with E-state index in [-0.39, 0.29) is 10.8 Å². The summed E-state index contributed by atoms with van der Waals surface area (Å²) in [6.07, 6.45) is -0.660. The van der Waals surface area contributed by atoms with E-state index in [1.165, 1.54) is 25.2 Å². The number of nitrogens with one attached hydrogen (secondary N) is 1. The number of ether oxygens (including phenoxy) is 1. The van der Waals surface area contributed by atoms with E-state index >= 15 is 0 Å². The molecule has 1 N–H and O–H groups in total. The lowest BCUT2D eigenvalue weighted by Gasteiger charge is -2.15. The fraction of sp³-hybridized carbons (Fsp3) is 0.364. The molecule has 0 bridgehead atoms. The molecular weight excluding hydrogens is 278 g/mol. The first-order valence-electron chi connectivity index (χ1n) is 5.19. The summed E-state index contributed by atoms with van der Waals surface area (Å²) in [4.78, 5) is 11.3. The molecule has 0 aliphatic carbocycles. The van der Waals surface area contributed by atoms with Crippen LogP contribution in [0.3, 0.4) is 0 Å². The number of likely N-dealkylation sites (N-methyl/N-ethyl adjacent to an activating group) is 1. The Morgan fingerprint density at radius 3 is 2.50 bits per heavy atom. The average molecular weight is 292 g/mol. The van der Waals surface area contributed by atoms with Gasteiger partial charge in [-0.25, -0.2) is 8.42 Å². The molecule has 0 heterocycles. The molecule has 0 spiro atoms. The van der Waals surface area contributed by atoms with Crippen molar-refractivity contribution in [2.24, 2.45) is 0 Å². The van der Waals surface area contributed by atoms with Gasteiger partial charge in [-0.2, -0.15) is 0 Å². The Morgan fingerprint density at radius 1 is 1.44 bits per heavy atom. The highest BCUT2D eigenvalue weighted by Crippen LogP contribution is 2.24. The van der Waals surface area contributed by atoms with Crippen LogP contribution >= 0.6 is 10.7 Å². The van der Waals surface area contributed by atoms with Crippen molar-refractivity contribution >= 4 is 25.6 Å². The average Bonchev–Trinajstić information content (AvgIpc) is 2.29. The molecule has 1 rings (SSSR count). The van der Waals surface area contributed by atoms with Crippen LogP contribution in [0.5, 0.6) is 5.75 Å². The number of hydrogen-bond acceptors (Lipinski definition) is 4. The number of hydrogen-bond donors (Lipinski definition) is 1. The van der Waals surface area contributed by atoms with Crippen molar-refractivity contribution < 1.29 is 17.9 Å². The summed E-state index contributed by atoms with van der Waals surface area (Å²) in [7, 11) is 2.99. The minimum atomic E-state index is -3.75. The highest BCUT2D eigenvalue weighted by Gasteiger charge is 2.16. The monoisotopic (exact) mass is 291 g/mol. The van der Waals surface area contributed by atoms with E-state index in [0.717, 1.165) is 0 Å². The zero-order chi connectivity index (χ0) is 13.9. The van der Waals surface area contributed by atoms with E-state index in [4.69, 9.17) is 15.4 Å². The Balaban J connectivity index is 2.97. The highest BCUT2D eigenvalue weighted by atomic mass is 35.7. The Bertz CT molecular complexity index is 556. The zero-order valence-corrected chi connectivity index (χ0v) is 11.8. The number of carbonyl (C=O) groups is 1. The first-order chi connectivity index (χ1) is 8.25. The van der Waals surface area contributed by atoms with Crippen molar-refractivity contribution in [1.82, 2.24) is 5.32 Å². The minimum absolute atomic E-state index is 0.00149. The summed E-state index contributed by atoms with van der Waals surface area (Å²) in [5.74, 6) is 0.179. The van der Waals surface area contributed by atoms with Gasteiger partial charge in [0.05, 0.1) is 4.90 Å². The molecule has 0 fully saturated rings. The number of aryl methyl sites for hydroxylation is 1. The van der Waals surface area contributed by atoms with Crippen LogP contribution in [0.1, 0.15) is 12.5 Å². The molecular formula is C11H14ClNO4S. The Kier molecular flexibility index (Phi) is 4.59. The van der Waals surface area contributed by atoms with Crippen molar-refractivity contribution in [3.05, 3.63) is 23.8 Å². The van der Waals surface area contributed by atoms with Crippen LogP contribution in [0.2, 0.25) is 0 Å². The molecule has 0 radical (unpaired) electrons. The largest absolute Gasteiger partial charge is 0.481 e. The third-order valence-corrected chi connectivity index (χ3v) is 3.70. The lowest BCUT2D eigenvalue weighted by Crippen LogP contribution is -2.33. The quantitative estimate of drug-likeness (QED) is 0.852. The first-order valence-corrected chi connectivity index (χ1v) is 7.50. The van der Waals surface area contributed by atoms with E-state index in [1.807, 2.05) is 0 Å². The molecule has 1 aromatic rings. The van der Waals surface area contributed by atoms with E-state index in [1.54, 1.807) is 13.8 Å². The van der Waals surface area contributed by atoms with Gasteiger partial charge in [0.2, 0.25) is 0 Å². The number of rotatable bonds is 4. The summed E-state index contributed by atoms with van der Waals surface area (Å²) >= 11 is 0. The summed E-state index contributed by atoms with van der Waals surface area (Å²) in [6.45, 7) is 3.28. The molecule has 5 nitrogen and oxygen atoms in total. The van der Waals surface area contributed by atoms with Crippen molar-refractivity contribution in [3.8, 4) is 5.75 Å². The van der Waals surface area contributed by atoms with Gasteiger partial charge in [-0.05, 0) is 37.6 Å². The third-order valence-electron chi connectivity index (χ3n) is 2.35. The van der Waals surface area contributed by atoms with Crippen LogP contribution in [-0.2, 0) is 13.8 Å². The van der Waals surface area contributed by atoms with Crippen molar-refractivity contribution in [1.29, 1.82) is 0 Å². The molecule has 0 aliphatic heterocycles. The normalized spacial score (nSPS) is 12.9. The predicted molar refractivity (Wildman–Crippen MR) is 68.4 cm³/mol. The number of carbonyl (C=O) groups excluding carboxylic acids is 1. The third kappa shape index (κ3) is 3.61. The Labute approximate surface area is 111 Å². The molecule has 18 heavy (non-hydrogen) atoms. The first kappa shape index (κ1) is 14.8. The van der Waals surface area contributed by atoms with Gasteiger partial charge in [-0.1, -0.05) is 0 Å². The number of benzene rings is 1. The fourth-order valence-electron chi connectivity index (χ4n) is 1.35. The topological polar surface area (TPSA) is 72.5 Å². The maximum atomic E-state index is 11.3. The minimum Gasteiger partial charge on any atom is -0.481 e. The SMILES string of the molecule is CNC(=O)C(C)Oc1ccc(S(=O)(=O)Cl)cc1C. The molecule has 0 aromatic heterocycles. The number of amides is 1. The van der Waals surface area contributed by atoms with Gasteiger partial charge >= 0.3 is 0 Å². The predicted octanol–water partition coefficient (Wildman–Crippen LogP) is 1.44.